The number of fused-ring (bicyclic) bond motifs is 2. The lowest BCUT2D eigenvalue weighted by Crippen LogP contribution is -2.35. The summed E-state index contributed by atoms with van der Waals surface area (Å²) >= 11 is 0. The number of amides is 1. The third kappa shape index (κ3) is 6.63. The van der Waals surface area contributed by atoms with E-state index in [9.17, 15) is 4.79 Å². The SMILES string of the molecule is C1CCNCC1.CC(=O)N1CCc2c(c(-c3cccc4cc(-c5cnn(C6CCC(C)CC6)c5)ncc34)nn2C2CCOCC2)C1. The maximum absolute atomic E-state index is 12.3. The first-order valence-corrected chi connectivity index (χ1v) is 17.6. The molecule has 0 spiro atoms. The van der Waals surface area contributed by atoms with Crippen molar-refractivity contribution in [3.63, 3.8) is 0 Å². The van der Waals surface area contributed by atoms with Gasteiger partial charge >= 0.3 is 0 Å². The molecule has 9 nitrogen and oxygen atoms in total. The molecule has 0 bridgehead atoms. The predicted octanol–water partition coefficient (Wildman–Crippen LogP) is 6.73. The Bertz CT molecular complexity index is 1630. The predicted molar refractivity (Wildman–Crippen MR) is 181 cm³/mol. The average Bonchev–Trinajstić information content (AvgIpc) is 3.75. The van der Waals surface area contributed by atoms with E-state index in [2.05, 4.69) is 52.1 Å². The lowest BCUT2D eigenvalue weighted by Gasteiger charge is -2.29. The van der Waals surface area contributed by atoms with Gasteiger partial charge in [0.05, 0.1) is 29.7 Å². The molecular formula is C37H49N7O2. The number of aromatic nitrogens is 5. The zero-order valence-corrected chi connectivity index (χ0v) is 27.6. The van der Waals surface area contributed by atoms with E-state index in [1.54, 1.807) is 6.92 Å². The van der Waals surface area contributed by atoms with Gasteiger partial charge in [-0.3, -0.25) is 19.1 Å². The maximum Gasteiger partial charge on any atom is 0.219 e. The summed E-state index contributed by atoms with van der Waals surface area (Å²) in [6.45, 7) is 9.39. The van der Waals surface area contributed by atoms with Crippen LogP contribution in [0.1, 0.15) is 95.0 Å². The second-order valence-electron chi connectivity index (χ2n) is 13.8. The van der Waals surface area contributed by atoms with E-state index in [1.807, 2.05) is 17.3 Å². The Morgan fingerprint density at radius 1 is 0.978 bits per heavy atom. The number of piperidine rings is 1. The molecule has 4 aromatic rings. The Morgan fingerprint density at radius 3 is 2.50 bits per heavy atom. The van der Waals surface area contributed by atoms with Crippen LogP contribution in [0.4, 0.5) is 0 Å². The maximum atomic E-state index is 12.3. The standard InChI is InChI=1S/C32H38N6O2.C5H11N/c1-21-6-8-25(9-7-21)37-19-24(17-34-37)30-16-23-4-3-5-27(28(23)18-33-30)32-29-20-36(22(2)39)13-10-31(29)38(35-32)26-11-14-40-15-12-26;1-2-4-6-5-3-1/h3-5,16-19,21,25-26H,6-15,20H2,1-2H3;6H,1-5H2. The van der Waals surface area contributed by atoms with Gasteiger partial charge in [0.2, 0.25) is 5.91 Å². The van der Waals surface area contributed by atoms with Gasteiger partial charge in [0.15, 0.2) is 0 Å². The monoisotopic (exact) mass is 623 g/mol. The largest absolute Gasteiger partial charge is 0.381 e. The number of rotatable bonds is 4. The molecule has 6 heterocycles. The van der Waals surface area contributed by atoms with Crippen molar-refractivity contribution in [2.45, 2.75) is 96.7 Å². The number of nitrogens with zero attached hydrogens (tertiary/aromatic N) is 6. The summed E-state index contributed by atoms with van der Waals surface area (Å²) in [5.41, 5.74) is 6.50. The first kappa shape index (κ1) is 31.1. The summed E-state index contributed by atoms with van der Waals surface area (Å²) < 4.78 is 10.1. The summed E-state index contributed by atoms with van der Waals surface area (Å²) in [6.07, 6.45) is 18.0. The van der Waals surface area contributed by atoms with E-state index in [0.717, 1.165) is 78.2 Å². The Balaban J connectivity index is 0.000000508. The van der Waals surface area contributed by atoms with Crippen LogP contribution in [0.15, 0.2) is 42.9 Å². The fourth-order valence-electron chi connectivity index (χ4n) is 7.68. The number of pyridine rings is 1. The number of hydrogen-bond donors (Lipinski definition) is 1. The number of ether oxygens (including phenoxy) is 1. The van der Waals surface area contributed by atoms with Crippen LogP contribution in [-0.2, 0) is 22.5 Å². The minimum Gasteiger partial charge on any atom is -0.381 e. The second kappa shape index (κ2) is 14.1. The van der Waals surface area contributed by atoms with Crippen molar-refractivity contribution in [2.24, 2.45) is 5.92 Å². The van der Waals surface area contributed by atoms with Crippen LogP contribution in [0.3, 0.4) is 0 Å². The molecule has 1 aromatic carbocycles. The molecule has 244 valence electrons. The zero-order valence-electron chi connectivity index (χ0n) is 27.6. The third-order valence-electron chi connectivity index (χ3n) is 10.6. The number of carbonyl (C=O) groups excluding carboxylic acids is 1. The molecule has 8 rings (SSSR count). The van der Waals surface area contributed by atoms with Crippen molar-refractivity contribution in [1.29, 1.82) is 0 Å². The topological polar surface area (TPSA) is 90.1 Å². The minimum absolute atomic E-state index is 0.114. The van der Waals surface area contributed by atoms with Gasteiger partial charge < -0.3 is 15.0 Å². The molecule has 3 aromatic heterocycles. The number of nitrogens with one attached hydrogen (secondary N) is 1. The molecule has 0 atom stereocenters. The van der Waals surface area contributed by atoms with Crippen LogP contribution in [0.5, 0.6) is 0 Å². The van der Waals surface area contributed by atoms with Crippen LogP contribution >= 0.6 is 0 Å². The summed E-state index contributed by atoms with van der Waals surface area (Å²) in [6, 6.07) is 9.41. The zero-order chi connectivity index (χ0) is 31.5. The summed E-state index contributed by atoms with van der Waals surface area (Å²) in [4.78, 5) is 19.2. The van der Waals surface area contributed by atoms with Gasteiger partial charge in [-0.15, -0.1) is 0 Å². The van der Waals surface area contributed by atoms with Gasteiger partial charge in [0, 0.05) is 79.8 Å². The first-order valence-electron chi connectivity index (χ1n) is 17.6. The van der Waals surface area contributed by atoms with Gasteiger partial charge in [-0.25, -0.2) is 0 Å². The van der Waals surface area contributed by atoms with Crippen LogP contribution < -0.4 is 5.32 Å². The van der Waals surface area contributed by atoms with Crippen molar-refractivity contribution in [3.05, 3.63) is 54.1 Å². The van der Waals surface area contributed by atoms with E-state index >= 15 is 0 Å². The van der Waals surface area contributed by atoms with E-state index in [-0.39, 0.29) is 5.91 Å². The molecule has 9 heteroatoms. The van der Waals surface area contributed by atoms with Gasteiger partial charge in [-0.05, 0) is 81.8 Å². The number of carbonyl (C=O) groups is 1. The highest BCUT2D eigenvalue weighted by Crippen LogP contribution is 2.38. The molecule has 0 unspecified atom stereocenters. The van der Waals surface area contributed by atoms with Gasteiger partial charge in [-0.2, -0.15) is 10.2 Å². The molecule has 2 saturated heterocycles. The van der Waals surface area contributed by atoms with Crippen molar-refractivity contribution in [1.82, 2.24) is 34.8 Å². The molecule has 3 fully saturated rings. The molecule has 46 heavy (non-hydrogen) atoms. The number of hydrogen-bond acceptors (Lipinski definition) is 6. The lowest BCUT2D eigenvalue weighted by atomic mass is 9.87. The highest BCUT2D eigenvalue weighted by Gasteiger charge is 2.30. The summed E-state index contributed by atoms with van der Waals surface area (Å²) in [7, 11) is 0. The fourth-order valence-corrected chi connectivity index (χ4v) is 7.68. The molecule has 1 saturated carbocycles. The van der Waals surface area contributed by atoms with E-state index < -0.39 is 0 Å². The quantitative estimate of drug-likeness (QED) is 0.271. The molecule has 4 aliphatic rings. The Hall–Kier alpha value is -3.56. The van der Waals surface area contributed by atoms with Crippen LogP contribution in [-0.4, -0.2) is 68.2 Å². The van der Waals surface area contributed by atoms with Crippen LogP contribution in [0.25, 0.3) is 33.3 Å². The fraction of sp³-hybridized carbons (Fsp3) is 0.568. The molecule has 3 aliphatic heterocycles. The van der Waals surface area contributed by atoms with Crippen molar-refractivity contribution >= 4 is 16.7 Å². The molecule has 1 N–H and O–H groups in total. The molecular weight excluding hydrogens is 574 g/mol. The molecule has 1 aliphatic carbocycles. The van der Waals surface area contributed by atoms with Crippen LogP contribution in [0.2, 0.25) is 0 Å². The first-order chi connectivity index (χ1) is 22.5. The van der Waals surface area contributed by atoms with Crippen molar-refractivity contribution in [3.8, 4) is 22.5 Å². The lowest BCUT2D eigenvalue weighted by molar-refractivity contribution is -0.129. The van der Waals surface area contributed by atoms with E-state index in [1.165, 1.54) is 69.3 Å². The Morgan fingerprint density at radius 2 is 1.78 bits per heavy atom. The highest BCUT2D eigenvalue weighted by molar-refractivity contribution is 5.97. The van der Waals surface area contributed by atoms with Gasteiger partial charge in [0.25, 0.3) is 0 Å². The van der Waals surface area contributed by atoms with Crippen molar-refractivity contribution < 1.29 is 9.53 Å². The van der Waals surface area contributed by atoms with Gasteiger partial charge in [-0.1, -0.05) is 31.5 Å². The van der Waals surface area contributed by atoms with Crippen molar-refractivity contribution in [2.75, 3.05) is 32.8 Å². The van der Waals surface area contributed by atoms with Gasteiger partial charge in [0.1, 0.15) is 0 Å². The smallest absolute Gasteiger partial charge is 0.219 e. The third-order valence-corrected chi connectivity index (χ3v) is 10.6. The molecule has 0 radical (unpaired) electrons. The normalized spacial score (nSPS) is 22.3. The average molecular weight is 624 g/mol. The molecule has 1 amide bonds. The van der Waals surface area contributed by atoms with E-state index in [4.69, 9.17) is 19.9 Å². The summed E-state index contributed by atoms with van der Waals surface area (Å²) in [5.74, 6) is 0.935. The minimum atomic E-state index is 0.114. The number of benzene rings is 1. The second-order valence-corrected chi connectivity index (χ2v) is 13.8. The van der Waals surface area contributed by atoms with E-state index in [0.29, 0.717) is 18.6 Å². The Labute approximate surface area is 272 Å². The van der Waals surface area contributed by atoms with Crippen LogP contribution in [0, 0.1) is 5.92 Å². The Kier molecular flexibility index (Phi) is 9.49. The summed E-state index contributed by atoms with van der Waals surface area (Å²) in [5, 5.41) is 15.5. The highest BCUT2D eigenvalue weighted by atomic mass is 16.5.